The molecule has 148 valence electrons. The summed E-state index contributed by atoms with van der Waals surface area (Å²) in [5.41, 5.74) is 1.21. The van der Waals surface area contributed by atoms with E-state index in [2.05, 4.69) is 30.7 Å². The largest absolute Gasteiger partial charge is 0.339 e. The number of nitrogens with zero attached hydrogens (tertiary/aromatic N) is 3. The van der Waals surface area contributed by atoms with Crippen molar-refractivity contribution in [2.75, 3.05) is 19.6 Å². The number of carbonyl (C=O) groups is 2. The fraction of sp³-hybridized carbons (Fsp3) is 0.667. The third-order valence-electron chi connectivity index (χ3n) is 5.94. The average molecular weight is 390 g/mol. The summed E-state index contributed by atoms with van der Waals surface area (Å²) in [6.07, 6.45) is 9.28. The van der Waals surface area contributed by atoms with Crippen molar-refractivity contribution in [3.8, 4) is 0 Å². The number of hydrogen-bond acceptors (Lipinski definition) is 4. The molecule has 2 atom stereocenters. The van der Waals surface area contributed by atoms with Gasteiger partial charge >= 0.3 is 0 Å². The highest BCUT2D eigenvalue weighted by atomic mass is 32.1. The van der Waals surface area contributed by atoms with Gasteiger partial charge < -0.3 is 9.80 Å². The van der Waals surface area contributed by atoms with E-state index in [9.17, 15) is 9.59 Å². The zero-order chi connectivity index (χ0) is 19.4. The van der Waals surface area contributed by atoms with Gasteiger partial charge in [-0.3, -0.25) is 9.59 Å². The maximum Gasteiger partial charge on any atom is 0.265 e. The van der Waals surface area contributed by atoms with Crippen molar-refractivity contribution in [2.45, 2.75) is 65.3 Å². The first kappa shape index (κ1) is 20.1. The van der Waals surface area contributed by atoms with Gasteiger partial charge in [0.1, 0.15) is 4.88 Å². The molecule has 2 saturated heterocycles. The summed E-state index contributed by atoms with van der Waals surface area (Å²) in [5, 5.41) is 1.02. The van der Waals surface area contributed by atoms with Crippen LogP contribution in [0.15, 0.2) is 17.8 Å². The first-order valence-corrected chi connectivity index (χ1v) is 11.1. The number of rotatable bonds is 5. The predicted octanol–water partition coefficient (Wildman–Crippen LogP) is 3.91. The van der Waals surface area contributed by atoms with Crippen LogP contribution in [-0.4, -0.2) is 52.3 Å². The van der Waals surface area contributed by atoms with Crippen molar-refractivity contribution < 1.29 is 9.59 Å². The van der Waals surface area contributed by atoms with E-state index >= 15 is 0 Å². The molecular weight excluding hydrogens is 358 g/mol. The Labute approximate surface area is 166 Å². The van der Waals surface area contributed by atoms with Crippen molar-refractivity contribution in [1.82, 2.24) is 14.8 Å². The minimum atomic E-state index is 0.126. The van der Waals surface area contributed by atoms with Crippen LogP contribution in [0.5, 0.6) is 0 Å². The molecule has 0 radical (unpaired) electrons. The molecule has 0 aromatic carbocycles. The lowest BCUT2D eigenvalue weighted by Gasteiger charge is -2.47. The zero-order valence-corrected chi connectivity index (χ0v) is 17.6. The lowest BCUT2D eigenvalue weighted by atomic mass is 9.83. The number of carbonyl (C=O) groups excluding carboxylic acids is 2. The van der Waals surface area contributed by atoms with E-state index in [-0.39, 0.29) is 17.9 Å². The highest BCUT2D eigenvalue weighted by Gasteiger charge is 2.39. The van der Waals surface area contributed by atoms with E-state index in [4.69, 9.17) is 0 Å². The van der Waals surface area contributed by atoms with Gasteiger partial charge in [0, 0.05) is 31.8 Å². The predicted molar refractivity (Wildman–Crippen MR) is 109 cm³/mol. The summed E-state index contributed by atoms with van der Waals surface area (Å²) in [5.74, 6) is 0.658. The Morgan fingerprint density at radius 2 is 2.00 bits per heavy atom. The smallest absolute Gasteiger partial charge is 0.265 e. The lowest BCUT2D eigenvalue weighted by molar-refractivity contribution is -0.129. The minimum absolute atomic E-state index is 0.126. The number of piperidine rings is 2. The molecule has 2 fully saturated rings. The number of likely N-dealkylation sites (tertiary alicyclic amines) is 2. The van der Waals surface area contributed by atoms with E-state index in [1.165, 1.54) is 16.9 Å². The molecule has 3 rings (SSSR count). The van der Waals surface area contributed by atoms with Crippen molar-refractivity contribution >= 4 is 23.2 Å². The standard InChI is InChI=1S/C21H31N3O2S/c1-4-15(5-2)12-20(25)23-11-9-17-16(14-23)8-7-10-24(17)21(26)18-13-22-19(6-3)27-18/h12-13,16-17H,4-11,14H2,1-3H3. The Morgan fingerprint density at radius 3 is 2.67 bits per heavy atom. The number of thiazole rings is 1. The van der Waals surface area contributed by atoms with Gasteiger partial charge in [-0.1, -0.05) is 26.3 Å². The van der Waals surface area contributed by atoms with E-state index in [1.807, 2.05) is 11.0 Å². The SMILES string of the molecule is CCC(=CC(=O)N1CCC2C(CCCN2C(=O)c2cnc(CC)s2)C1)CC. The quantitative estimate of drug-likeness (QED) is 0.718. The van der Waals surface area contributed by atoms with Crippen LogP contribution in [0.2, 0.25) is 0 Å². The Morgan fingerprint density at radius 1 is 1.22 bits per heavy atom. The normalized spacial score (nSPS) is 22.3. The maximum atomic E-state index is 13.0. The first-order chi connectivity index (χ1) is 13.1. The molecule has 6 heteroatoms. The summed E-state index contributed by atoms with van der Waals surface area (Å²) in [6, 6.07) is 0.253. The third kappa shape index (κ3) is 4.42. The number of hydrogen-bond donors (Lipinski definition) is 0. The van der Waals surface area contributed by atoms with E-state index in [1.54, 1.807) is 6.20 Å². The zero-order valence-electron chi connectivity index (χ0n) is 16.7. The lowest BCUT2D eigenvalue weighted by Crippen LogP contribution is -2.56. The van der Waals surface area contributed by atoms with E-state index in [0.29, 0.717) is 5.92 Å². The molecule has 1 aromatic heterocycles. The summed E-state index contributed by atoms with van der Waals surface area (Å²) >= 11 is 1.52. The number of allylic oxidation sites excluding steroid dienone is 1. The molecule has 0 spiro atoms. The van der Waals surface area contributed by atoms with Crippen molar-refractivity contribution in [1.29, 1.82) is 0 Å². The molecule has 2 amide bonds. The van der Waals surface area contributed by atoms with Crippen molar-refractivity contribution in [3.63, 3.8) is 0 Å². The van der Waals surface area contributed by atoms with E-state index in [0.717, 1.165) is 68.0 Å². The number of aryl methyl sites for hydroxylation is 1. The van der Waals surface area contributed by atoms with Crippen LogP contribution in [0.4, 0.5) is 0 Å². The average Bonchev–Trinajstić information content (AvgIpc) is 3.19. The molecule has 2 aliphatic heterocycles. The Bertz CT molecular complexity index is 706. The maximum absolute atomic E-state index is 13.0. The van der Waals surface area contributed by atoms with Crippen LogP contribution in [0, 0.1) is 5.92 Å². The molecular formula is C21H31N3O2S. The summed E-state index contributed by atoms with van der Waals surface area (Å²) in [6.45, 7) is 8.60. The van der Waals surface area contributed by atoms with Crippen molar-refractivity contribution in [3.05, 3.63) is 27.7 Å². The topological polar surface area (TPSA) is 53.5 Å². The summed E-state index contributed by atoms with van der Waals surface area (Å²) < 4.78 is 0. The Hall–Kier alpha value is -1.69. The third-order valence-corrected chi connectivity index (χ3v) is 7.07. The van der Waals surface area contributed by atoms with Gasteiger partial charge in [-0.25, -0.2) is 4.98 Å². The second-order valence-corrected chi connectivity index (χ2v) is 8.64. The first-order valence-electron chi connectivity index (χ1n) is 10.3. The van der Waals surface area contributed by atoms with Crippen LogP contribution in [0.3, 0.4) is 0 Å². The second-order valence-electron chi connectivity index (χ2n) is 7.52. The monoisotopic (exact) mass is 389 g/mol. The minimum Gasteiger partial charge on any atom is -0.339 e. The summed E-state index contributed by atoms with van der Waals surface area (Å²) in [4.78, 5) is 34.8. The number of fused-ring (bicyclic) bond motifs is 1. The molecule has 3 heterocycles. The van der Waals surface area contributed by atoms with Gasteiger partial charge in [-0.15, -0.1) is 11.3 Å². The molecule has 5 nitrogen and oxygen atoms in total. The molecule has 0 aliphatic carbocycles. The van der Waals surface area contributed by atoms with Gasteiger partial charge in [0.05, 0.1) is 11.2 Å². The Balaban J connectivity index is 1.68. The van der Waals surface area contributed by atoms with Gasteiger partial charge in [0.2, 0.25) is 5.91 Å². The number of aromatic nitrogens is 1. The van der Waals surface area contributed by atoms with E-state index < -0.39 is 0 Å². The highest BCUT2D eigenvalue weighted by molar-refractivity contribution is 7.13. The van der Waals surface area contributed by atoms with Gasteiger partial charge in [-0.2, -0.15) is 0 Å². The summed E-state index contributed by atoms with van der Waals surface area (Å²) in [7, 11) is 0. The van der Waals surface area contributed by atoms with Crippen LogP contribution in [0.1, 0.15) is 67.6 Å². The molecule has 2 aliphatic rings. The molecule has 27 heavy (non-hydrogen) atoms. The molecule has 0 bridgehead atoms. The second kappa shape index (κ2) is 9.00. The molecule has 1 aromatic rings. The van der Waals surface area contributed by atoms with Crippen LogP contribution < -0.4 is 0 Å². The van der Waals surface area contributed by atoms with Gasteiger partial charge in [0.25, 0.3) is 5.91 Å². The Kier molecular flexibility index (Phi) is 6.68. The van der Waals surface area contributed by atoms with Crippen LogP contribution >= 0.6 is 11.3 Å². The van der Waals surface area contributed by atoms with Crippen LogP contribution in [0.25, 0.3) is 0 Å². The molecule has 0 N–H and O–H groups in total. The molecule has 2 unspecified atom stereocenters. The molecule has 0 saturated carbocycles. The van der Waals surface area contributed by atoms with Gasteiger partial charge in [0.15, 0.2) is 0 Å². The highest BCUT2D eigenvalue weighted by Crippen LogP contribution is 2.32. The fourth-order valence-corrected chi connectivity index (χ4v) is 5.10. The number of amides is 2. The van der Waals surface area contributed by atoms with Gasteiger partial charge in [-0.05, 0) is 44.4 Å². The van der Waals surface area contributed by atoms with Crippen molar-refractivity contribution in [2.24, 2.45) is 5.92 Å². The fourth-order valence-electron chi connectivity index (χ4n) is 4.29. The van der Waals surface area contributed by atoms with Crippen LogP contribution in [-0.2, 0) is 11.2 Å².